The maximum absolute atomic E-state index is 11.1. The molecule has 100 valence electrons. The lowest BCUT2D eigenvalue weighted by molar-refractivity contribution is -0.119. The van der Waals surface area contributed by atoms with Gasteiger partial charge in [0.05, 0.1) is 5.69 Å². The quantitative estimate of drug-likeness (QED) is 0.837. The summed E-state index contributed by atoms with van der Waals surface area (Å²) in [5.74, 6) is 0.170. The van der Waals surface area contributed by atoms with E-state index < -0.39 is 0 Å². The minimum absolute atomic E-state index is 0.170. The van der Waals surface area contributed by atoms with Gasteiger partial charge >= 0.3 is 0 Å². The van der Waals surface area contributed by atoms with Crippen molar-refractivity contribution < 1.29 is 4.79 Å². The summed E-state index contributed by atoms with van der Waals surface area (Å²) in [6.45, 7) is 7.09. The first-order chi connectivity index (χ1) is 8.49. The smallest absolute Gasteiger partial charge is 0.220 e. The molecular formula is C13H22N4O. The predicted molar refractivity (Wildman–Crippen MR) is 70.3 cm³/mol. The van der Waals surface area contributed by atoms with Gasteiger partial charge in [-0.25, -0.2) is 0 Å². The molecule has 0 saturated carbocycles. The molecule has 0 aromatic carbocycles. The van der Waals surface area contributed by atoms with Gasteiger partial charge < -0.3 is 10.6 Å². The fourth-order valence-corrected chi connectivity index (χ4v) is 2.67. The minimum Gasteiger partial charge on any atom is -0.352 e. The summed E-state index contributed by atoms with van der Waals surface area (Å²) in [4.78, 5) is 11.1. The number of nitrogens with zero attached hydrogens (tertiary/aromatic N) is 2. The van der Waals surface area contributed by atoms with Crippen molar-refractivity contribution in [3.63, 3.8) is 0 Å². The van der Waals surface area contributed by atoms with Crippen LogP contribution in [0.5, 0.6) is 0 Å². The van der Waals surface area contributed by atoms with Crippen molar-refractivity contribution in [3.8, 4) is 0 Å². The number of carbonyl (C=O) groups is 1. The zero-order valence-corrected chi connectivity index (χ0v) is 11.6. The number of aryl methyl sites for hydroxylation is 2. The summed E-state index contributed by atoms with van der Waals surface area (Å²) in [5.41, 5.74) is 3.54. The van der Waals surface area contributed by atoms with Crippen LogP contribution in [-0.4, -0.2) is 28.3 Å². The highest BCUT2D eigenvalue weighted by Gasteiger charge is 2.22. The van der Waals surface area contributed by atoms with Gasteiger partial charge in [0.25, 0.3) is 0 Å². The summed E-state index contributed by atoms with van der Waals surface area (Å²) in [7, 11) is 1.97. The molecule has 2 rings (SSSR count). The van der Waals surface area contributed by atoms with Crippen LogP contribution >= 0.6 is 0 Å². The fraction of sp³-hybridized carbons (Fsp3) is 0.692. The molecule has 0 radical (unpaired) electrons. The van der Waals surface area contributed by atoms with Crippen molar-refractivity contribution in [3.05, 3.63) is 17.0 Å². The van der Waals surface area contributed by atoms with Gasteiger partial charge in [-0.1, -0.05) is 0 Å². The van der Waals surface area contributed by atoms with Crippen molar-refractivity contribution in [2.75, 3.05) is 6.54 Å². The average Bonchev–Trinajstić information content (AvgIpc) is 2.82. The maximum Gasteiger partial charge on any atom is 0.220 e. The van der Waals surface area contributed by atoms with E-state index in [9.17, 15) is 4.79 Å². The van der Waals surface area contributed by atoms with E-state index in [1.54, 1.807) is 0 Å². The Morgan fingerprint density at radius 3 is 2.78 bits per heavy atom. The highest BCUT2D eigenvalue weighted by Crippen LogP contribution is 2.20. The first kappa shape index (κ1) is 13.1. The Balaban J connectivity index is 1.95. The molecule has 5 nitrogen and oxygen atoms in total. The van der Waals surface area contributed by atoms with Crippen LogP contribution in [0.4, 0.5) is 0 Å². The highest BCUT2D eigenvalue weighted by atomic mass is 16.1. The van der Waals surface area contributed by atoms with Gasteiger partial charge in [-0.2, -0.15) is 5.10 Å². The zero-order valence-electron chi connectivity index (χ0n) is 11.6. The lowest BCUT2D eigenvalue weighted by atomic mass is 10.1. The normalized spacial score (nSPS) is 21.1. The Kier molecular flexibility index (Phi) is 3.71. The number of amides is 1. The first-order valence-corrected chi connectivity index (χ1v) is 6.52. The fourth-order valence-electron chi connectivity index (χ4n) is 2.67. The molecule has 1 aromatic heterocycles. The topological polar surface area (TPSA) is 59.0 Å². The number of hydrogen-bond donors (Lipinski definition) is 2. The van der Waals surface area contributed by atoms with E-state index >= 15 is 0 Å². The van der Waals surface area contributed by atoms with Gasteiger partial charge in [-0.05, 0) is 27.2 Å². The summed E-state index contributed by atoms with van der Waals surface area (Å²) in [5, 5.41) is 10.9. The van der Waals surface area contributed by atoms with E-state index in [1.165, 1.54) is 11.3 Å². The molecule has 1 aromatic rings. The van der Waals surface area contributed by atoms with Crippen molar-refractivity contribution in [1.29, 1.82) is 0 Å². The Morgan fingerprint density at radius 2 is 2.28 bits per heavy atom. The second-order valence-corrected chi connectivity index (χ2v) is 5.14. The van der Waals surface area contributed by atoms with Gasteiger partial charge in [-0.3, -0.25) is 9.48 Å². The second kappa shape index (κ2) is 5.10. The monoisotopic (exact) mass is 250 g/mol. The summed E-state index contributed by atoms with van der Waals surface area (Å²) < 4.78 is 1.92. The predicted octanol–water partition coefficient (Wildman–Crippen LogP) is 0.966. The SMILES string of the molecule is Cc1nn(C)c(C)c1C(C)NCC1CCC(=O)N1. The van der Waals surface area contributed by atoms with Gasteiger partial charge in [0.2, 0.25) is 5.91 Å². The minimum atomic E-state index is 0.170. The number of rotatable bonds is 4. The standard InChI is InChI=1S/C13H22N4O/c1-8(13-9(2)16-17(4)10(13)3)14-7-11-5-6-12(18)15-11/h8,11,14H,5-7H2,1-4H3,(H,15,18). The molecular weight excluding hydrogens is 228 g/mol. The summed E-state index contributed by atoms with van der Waals surface area (Å²) in [6, 6.07) is 0.536. The molecule has 18 heavy (non-hydrogen) atoms. The van der Waals surface area contributed by atoms with Gasteiger partial charge in [-0.15, -0.1) is 0 Å². The van der Waals surface area contributed by atoms with E-state index in [1.807, 2.05) is 18.7 Å². The van der Waals surface area contributed by atoms with Crippen molar-refractivity contribution in [2.24, 2.45) is 7.05 Å². The number of carbonyl (C=O) groups excluding carboxylic acids is 1. The van der Waals surface area contributed by atoms with Crippen LogP contribution in [0.2, 0.25) is 0 Å². The van der Waals surface area contributed by atoms with Crippen LogP contribution in [-0.2, 0) is 11.8 Å². The van der Waals surface area contributed by atoms with E-state index in [4.69, 9.17) is 0 Å². The number of aromatic nitrogens is 2. The molecule has 2 unspecified atom stereocenters. The third-order valence-corrected chi connectivity index (χ3v) is 3.75. The van der Waals surface area contributed by atoms with Crippen molar-refractivity contribution in [1.82, 2.24) is 20.4 Å². The van der Waals surface area contributed by atoms with E-state index in [-0.39, 0.29) is 18.0 Å². The molecule has 2 heterocycles. The lowest BCUT2D eigenvalue weighted by Crippen LogP contribution is -2.36. The number of nitrogens with one attached hydrogen (secondary N) is 2. The van der Waals surface area contributed by atoms with Gasteiger partial charge in [0, 0.05) is 43.4 Å². The first-order valence-electron chi connectivity index (χ1n) is 6.52. The molecule has 1 fully saturated rings. The Bertz CT molecular complexity index is 452. The van der Waals surface area contributed by atoms with Crippen LogP contribution in [0.1, 0.15) is 42.8 Å². The summed E-state index contributed by atoms with van der Waals surface area (Å²) in [6.07, 6.45) is 1.59. The molecule has 0 spiro atoms. The highest BCUT2D eigenvalue weighted by molar-refractivity contribution is 5.78. The Hall–Kier alpha value is -1.36. The Labute approximate surface area is 108 Å². The number of hydrogen-bond acceptors (Lipinski definition) is 3. The van der Waals surface area contributed by atoms with E-state index in [2.05, 4.69) is 29.6 Å². The van der Waals surface area contributed by atoms with Gasteiger partial charge in [0.1, 0.15) is 0 Å². The second-order valence-electron chi connectivity index (χ2n) is 5.14. The molecule has 2 atom stereocenters. The molecule has 0 bridgehead atoms. The van der Waals surface area contributed by atoms with Gasteiger partial charge in [0.15, 0.2) is 0 Å². The van der Waals surface area contributed by atoms with E-state index in [0.717, 1.165) is 18.7 Å². The Morgan fingerprint density at radius 1 is 1.56 bits per heavy atom. The average molecular weight is 250 g/mol. The molecule has 1 aliphatic rings. The molecule has 5 heteroatoms. The molecule has 2 N–H and O–H groups in total. The van der Waals surface area contributed by atoms with Crippen LogP contribution in [0.15, 0.2) is 0 Å². The largest absolute Gasteiger partial charge is 0.352 e. The van der Waals surface area contributed by atoms with Crippen LogP contribution in [0, 0.1) is 13.8 Å². The molecule has 1 saturated heterocycles. The maximum atomic E-state index is 11.1. The van der Waals surface area contributed by atoms with Crippen molar-refractivity contribution in [2.45, 2.75) is 45.7 Å². The molecule has 1 amide bonds. The van der Waals surface area contributed by atoms with E-state index in [0.29, 0.717) is 6.42 Å². The zero-order chi connectivity index (χ0) is 13.3. The lowest BCUT2D eigenvalue weighted by Gasteiger charge is -2.18. The van der Waals surface area contributed by atoms with Crippen molar-refractivity contribution >= 4 is 5.91 Å². The van der Waals surface area contributed by atoms with Crippen LogP contribution < -0.4 is 10.6 Å². The summed E-state index contributed by atoms with van der Waals surface area (Å²) >= 11 is 0. The third kappa shape index (κ3) is 2.56. The molecule has 0 aliphatic carbocycles. The van der Waals surface area contributed by atoms with Crippen LogP contribution in [0.25, 0.3) is 0 Å². The molecule has 1 aliphatic heterocycles. The third-order valence-electron chi connectivity index (χ3n) is 3.75. The van der Waals surface area contributed by atoms with Crippen LogP contribution in [0.3, 0.4) is 0 Å².